The zero-order valence-electron chi connectivity index (χ0n) is 55.6. The van der Waals surface area contributed by atoms with Crippen LogP contribution in [-0.4, -0.2) is 157 Å². The molecule has 0 aromatic heterocycles. The van der Waals surface area contributed by atoms with E-state index in [1.54, 1.807) is 63.7 Å². The Labute approximate surface area is 551 Å². The molecule has 1 N–H and O–H groups in total. The maximum atomic E-state index is 14.3. The Morgan fingerprint density at radius 1 is 0.489 bits per heavy atom. The Hall–Kier alpha value is -7.90. The molecule has 19 heteroatoms. The monoisotopic (exact) mass is 1290 g/mol. The largest absolute Gasteiger partial charge is 0.493 e. The maximum Gasteiger partial charge on any atom is 0.410 e. The number of methoxy groups -OCH3 is 4. The summed E-state index contributed by atoms with van der Waals surface area (Å²) in [6, 6.07) is 45.6. The van der Waals surface area contributed by atoms with Crippen molar-refractivity contribution in [2.75, 3.05) is 94.3 Å². The number of para-hydroxylation sites is 4. The molecule has 2 saturated heterocycles. The second-order valence-electron chi connectivity index (χ2n) is 24.4. The van der Waals surface area contributed by atoms with E-state index in [0.29, 0.717) is 124 Å². The number of halogens is 1. The van der Waals surface area contributed by atoms with Gasteiger partial charge in [-0.1, -0.05) is 84.9 Å². The molecule has 0 spiro atoms. The topological polar surface area (TPSA) is 174 Å². The molecule has 2 fully saturated rings. The highest BCUT2D eigenvalue weighted by Gasteiger charge is 2.39. The lowest BCUT2D eigenvalue weighted by Gasteiger charge is -2.44. The summed E-state index contributed by atoms with van der Waals surface area (Å²) in [7, 11) is 6.48. The molecule has 6 aromatic carbocycles. The SMILES string of the molecule is COCCCOc1cc(C(=O)N(C(C)C)C2CNC[C@@H](COc3ccccc3OCc3ccccc3)C2)ccc1OC.COCCCOc1cc(C(=O)N(C(C)C)C2C[C@H](COc3ccccc3OCc3ccccc3)CN(C(=O)OC(C)(C)C)C2)ccc1OC.Cl. The Balaban J connectivity index is 0.000000292. The van der Waals surface area contributed by atoms with E-state index in [9.17, 15) is 14.4 Å². The molecule has 4 atom stereocenters. The van der Waals surface area contributed by atoms with Gasteiger partial charge in [0.1, 0.15) is 18.8 Å². The third-order valence-corrected chi connectivity index (χ3v) is 15.4. The van der Waals surface area contributed by atoms with Crippen LogP contribution < -0.4 is 43.2 Å². The van der Waals surface area contributed by atoms with E-state index < -0.39 is 11.7 Å². The molecule has 6 aromatic rings. The first kappa shape index (κ1) is 73.2. The lowest BCUT2D eigenvalue weighted by atomic mass is 9.92. The van der Waals surface area contributed by atoms with Crippen LogP contribution in [0.25, 0.3) is 0 Å². The van der Waals surface area contributed by atoms with Crippen LogP contribution in [0.3, 0.4) is 0 Å². The number of nitrogens with one attached hydrogen (secondary N) is 1. The zero-order chi connectivity index (χ0) is 65.1. The molecule has 2 aliphatic heterocycles. The summed E-state index contributed by atoms with van der Waals surface area (Å²) in [6.45, 7) is 19.8. The van der Waals surface area contributed by atoms with Gasteiger partial charge >= 0.3 is 6.09 Å². The van der Waals surface area contributed by atoms with Crippen LogP contribution >= 0.6 is 12.4 Å². The fourth-order valence-electron chi connectivity index (χ4n) is 11.1. The number of hydrogen-bond donors (Lipinski definition) is 1. The number of nitrogens with zero attached hydrogens (tertiary/aromatic N) is 3. The fourth-order valence-corrected chi connectivity index (χ4v) is 11.1. The first-order valence-corrected chi connectivity index (χ1v) is 31.7. The summed E-state index contributed by atoms with van der Waals surface area (Å²) in [6.07, 6.45) is 2.50. The van der Waals surface area contributed by atoms with Crippen molar-refractivity contribution < 1.29 is 66.5 Å². The quantitative estimate of drug-likeness (QED) is 0.0422. The molecule has 0 saturated carbocycles. The molecule has 92 heavy (non-hydrogen) atoms. The molecule has 0 radical (unpaired) electrons. The number of ether oxygens (including phenoxy) is 11. The van der Waals surface area contributed by atoms with Gasteiger partial charge in [-0.25, -0.2) is 4.79 Å². The van der Waals surface area contributed by atoms with Crippen LogP contribution in [0.2, 0.25) is 0 Å². The number of amides is 3. The first-order chi connectivity index (χ1) is 44.0. The summed E-state index contributed by atoms with van der Waals surface area (Å²) in [4.78, 5) is 47.1. The van der Waals surface area contributed by atoms with Crippen LogP contribution in [0.1, 0.15) is 106 Å². The van der Waals surface area contributed by atoms with Crippen LogP contribution in [-0.2, 0) is 27.4 Å². The van der Waals surface area contributed by atoms with Crippen LogP contribution in [0, 0.1) is 11.8 Å². The van der Waals surface area contributed by atoms with Gasteiger partial charge in [0.2, 0.25) is 0 Å². The summed E-state index contributed by atoms with van der Waals surface area (Å²) in [5.74, 6) is 4.87. The van der Waals surface area contributed by atoms with E-state index in [4.69, 9.17) is 52.1 Å². The average molecular weight is 1290 g/mol. The predicted octanol–water partition coefficient (Wildman–Crippen LogP) is 13.3. The molecule has 3 amide bonds. The van der Waals surface area contributed by atoms with Crippen molar-refractivity contribution in [2.45, 2.75) is 117 Å². The van der Waals surface area contributed by atoms with Crippen LogP contribution in [0.5, 0.6) is 46.0 Å². The van der Waals surface area contributed by atoms with Gasteiger partial charge in [-0.3, -0.25) is 9.59 Å². The van der Waals surface area contributed by atoms with Crippen LogP contribution in [0.15, 0.2) is 146 Å². The van der Waals surface area contributed by atoms with Crippen molar-refractivity contribution in [2.24, 2.45) is 11.8 Å². The summed E-state index contributed by atoms with van der Waals surface area (Å²) >= 11 is 0. The van der Waals surface area contributed by atoms with Gasteiger partial charge in [0.15, 0.2) is 46.0 Å². The molecule has 2 unspecified atom stereocenters. The van der Waals surface area contributed by atoms with E-state index in [1.165, 1.54) is 0 Å². The number of piperidine rings is 2. The highest BCUT2D eigenvalue weighted by molar-refractivity contribution is 5.96. The van der Waals surface area contributed by atoms with Crippen molar-refractivity contribution in [1.29, 1.82) is 0 Å². The van der Waals surface area contributed by atoms with Crippen molar-refractivity contribution in [1.82, 2.24) is 20.0 Å². The van der Waals surface area contributed by atoms with E-state index in [0.717, 1.165) is 48.6 Å². The molecule has 0 bridgehead atoms. The average Bonchev–Trinajstić information content (AvgIpc) is 0.877. The zero-order valence-corrected chi connectivity index (χ0v) is 56.4. The van der Waals surface area contributed by atoms with Crippen molar-refractivity contribution in [3.05, 3.63) is 168 Å². The second kappa shape index (κ2) is 37.6. The lowest BCUT2D eigenvalue weighted by molar-refractivity contribution is -0.00564. The number of carbonyl (C=O) groups excluding carboxylic acids is 3. The Morgan fingerprint density at radius 2 is 0.913 bits per heavy atom. The number of rotatable bonds is 30. The highest BCUT2D eigenvalue weighted by Crippen LogP contribution is 2.35. The minimum atomic E-state index is -0.665. The van der Waals surface area contributed by atoms with Gasteiger partial charge in [0.05, 0.1) is 46.7 Å². The molecule has 2 aliphatic rings. The van der Waals surface area contributed by atoms with Gasteiger partial charge in [-0.15, -0.1) is 12.4 Å². The van der Waals surface area contributed by atoms with E-state index >= 15 is 0 Å². The van der Waals surface area contributed by atoms with E-state index in [2.05, 4.69) is 19.2 Å². The van der Waals surface area contributed by atoms with Gasteiger partial charge in [-0.05, 0) is 133 Å². The number of hydrogen-bond acceptors (Lipinski definition) is 15. The summed E-state index contributed by atoms with van der Waals surface area (Å²) in [5, 5.41) is 3.53. The molecular formula is C73H97ClN4O14. The van der Waals surface area contributed by atoms with Crippen molar-refractivity contribution >= 4 is 30.3 Å². The molecule has 500 valence electrons. The normalized spacial score (nSPS) is 16.2. The van der Waals surface area contributed by atoms with Crippen molar-refractivity contribution in [3.63, 3.8) is 0 Å². The smallest absolute Gasteiger partial charge is 0.410 e. The molecule has 18 nitrogen and oxygen atoms in total. The first-order valence-electron chi connectivity index (χ1n) is 31.7. The standard InChI is InChI=1S/C39H52N2O8.C34H44N2O6.ClH/c1-28(2)41(37(42)31-18-19-33(45-7)36(23-31)46-21-13-20-44-6)32-22-30(24-40(25-32)38(43)49-39(3,4)5)27-48-35-17-12-11-16-34(35)47-26-29-14-9-8-10-15-29;1-25(2)36(34(37)28-15-16-30(39-4)33(20-28)40-18-10-17-38-3)29-19-27(21-35-22-29)24-42-32-14-9-8-13-31(32)41-23-26-11-6-5-7-12-26;/h8-12,14-19,23,28,30,32H,13,20-22,24-27H2,1-7H3;5-9,11-16,20,25,27,29,35H,10,17-19,21-24H2,1-4H3;1H/t30-,32?;27-,29?;/m00./s1. The maximum absolute atomic E-state index is 14.3. The number of benzene rings is 6. The third kappa shape index (κ3) is 22.4. The van der Waals surface area contributed by atoms with Gasteiger partial charge in [-0.2, -0.15) is 0 Å². The molecule has 2 heterocycles. The van der Waals surface area contributed by atoms with Crippen molar-refractivity contribution in [3.8, 4) is 46.0 Å². The van der Waals surface area contributed by atoms with Gasteiger partial charge in [0, 0.05) is 108 Å². The van der Waals surface area contributed by atoms with Gasteiger partial charge in [0.25, 0.3) is 11.8 Å². The Morgan fingerprint density at radius 3 is 1.35 bits per heavy atom. The van der Waals surface area contributed by atoms with E-state index in [1.807, 2.05) is 160 Å². The fraction of sp³-hybridized carbons (Fsp3) is 0.466. The Bertz CT molecular complexity index is 3170. The molecular weight excluding hydrogens is 1190 g/mol. The second-order valence-corrected chi connectivity index (χ2v) is 24.4. The highest BCUT2D eigenvalue weighted by atomic mass is 35.5. The third-order valence-electron chi connectivity index (χ3n) is 15.4. The summed E-state index contributed by atoms with van der Waals surface area (Å²) in [5.41, 5.74) is 2.55. The van der Waals surface area contributed by atoms with Crippen LogP contribution in [0.4, 0.5) is 4.79 Å². The van der Waals surface area contributed by atoms with Gasteiger partial charge < -0.3 is 72.1 Å². The minimum Gasteiger partial charge on any atom is -0.493 e. The lowest BCUT2D eigenvalue weighted by Crippen LogP contribution is -2.57. The Kier molecular flexibility index (Phi) is 29.9. The van der Waals surface area contributed by atoms with E-state index in [-0.39, 0.29) is 60.2 Å². The number of carbonyl (C=O) groups is 3. The molecule has 8 rings (SSSR count). The predicted molar refractivity (Wildman–Crippen MR) is 360 cm³/mol. The molecule has 0 aliphatic carbocycles. The minimum absolute atomic E-state index is 0. The summed E-state index contributed by atoms with van der Waals surface area (Å²) < 4.78 is 63.8. The number of likely N-dealkylation sites (tertiary alicyclic amines) is 1.